The Morgan fingerprint density at radius 3 is 2.22 bits per heavy atom. The molecule has 4 aromatic rings. The summed E-state index contributed by atoms with van der Waals surface area (Å²) in [6.07, 6.45) is 3.03. The second-order valence-electron chi connectivity index (χ2n) is 9.73. The number of aromatic nitrogens is 1. The summed E-state index contributed by atoms with van der Waals surface area (Å²) in [6.45, 7) is 4.33. The van der Waals surface area contributed by atoms with Crippen LogP contribution >= 0.6 is 0 Å². The highest BCUT2D eigenvalue weighted by molar-refractivity contribution is 6.04. The third kappa shape index (κ3) is 4.49. The predicted molar refractivity (Wildman–Crippen MR) is 144 cm³/mol. The summed E-state index contributed by atoms with van der Waals surface area (Å²) in [7, 11) is 0. The molecule has 1 heterocycles. The third-order valence-electron chi connectivity index (χ3n) is 7.34. The molecule has 5 heteroatoms. The van der Waals surface area contributed by atoms with Gasteiger partial charge in [0.2, 0.25) is 5.91 Å². The fourth-order valence-electron chi connectivity index (χ4n) is 5.33. The molecule has 1 aliphatic rings. The van der Waals surface area contributed by atoms with Crippen molar-refractivity contribution in [2.24, 2.45) is 0 Å². The van der Waals surface area contributed by atoms with Gasteiger partial charge >= 0.3 is 0 Å². The van der Waals surface area contributed by atoms with Crippen molar-refractivity contribution in [3.05, 3.63) is 107 Å². The number of aryl methyl sites for hydroxylation is 2. The van der Waals surface area contributed by atoms with Crippen molar-refractivity contribution in [3.63, 3.8) is 0 Å². The third-order valence-corrected chi connectivity index (χ3v) is 7.34. The first-order valence-corrected chi connectivity index (χ1v) is 12.6. The van der Waals surface area contributed by atoms with Crippen LogP contribution in [-0.2, 0) is 11.3 Å². The molecule has 1 aromatic heterocycles. The fraction of sp³-hybridized carbons (Fsp3) is 0.258. The normalized spacial score (nSPS) is 14.5. The zero-order valence-corrected chi connectivity index (χ0v) is 20.8. The maximum absolute atomic E-state index is 14.2. The van der Waals surface area contributed by atoms with Crippen molar-refractivity contribution < 1.29 is 9.59 Å². The van der Waals surface area contributed by atoms with Gasteiger partial charge in [0, 0.05) is 17.6 Å². The van der Waals surface area contributed by atoms with E-state index in [1.54, 1.807) is 11.0 Å². The summed E-state index contributed by atoms with van der Waals surface area (Å²) >= 11 is 0. The van der Waals surface area contributed by atoms with Crippen molar-refractivity contribution in [2.75, 3.05) is 5.32 Å². The molecule has 0 bridgehead atoms. The van der Waals surface area contributed by atoms with Crippen molar-refractivity contribution in [3.8, 4) is 0 Å². The highest BCUT2D eigenvalue weighted by Gasteiger charge is 2.49. The van der Waals surface area contributed by atoms with Crippen molar-refractivity contribution in [1.82, 2.24) is 9.88 Å². The molecular weight excluding hydrogens is 446 g/mol. The lowest BCUT2D eigenvalue weighted by Gasteiger charge is -2.40. The molecule has 0 aliphatic heterocycles. The number of amides is 2. The van der Waals surface area contributed by atoms with E-state index in [-0.39, 0.29) is 11.8 Å². The number of pyridine rings is 1. The average Bonchev–Trinajstić information content (AvgIpc) is 3.40. The molecular formula is C31H31N3O2. The fourth-order valence-corrected chi connectivity index (χ4v) is 5.33. The van der Waals surface area contributed by atoms with E-state index in [4.69, 9.17) is 0 Å². The van der Waals surface area contributed by atoms with Crippen molar-refractivity contribution >= 4 is 28.4 Å². The quantitative estimate of drug-likeness (QED) is 0.347. The summed E-state index contributed by atoms with van der Waals surface area (Å²) < 4.78 is 0. The summed E-state index contributed by atoms with van der Waals surface area (Å²) in [4.78, 5) is 34.7. The van der Waals surface area contributed by atoms with Gasteiger partial charge in [-0.3, -0.25) is 9.59 Å². The largest absolute Gasteiger partial charge is 0.324 e. The molecule has 0 spiro atoms. The topological polar surface area (TPSA) is 62.3 Å². The molecule has 36 heavy (non-hydrogen) atoms. The van der Waals surface area contributed by atoms with Gasteiger partial charge in [-0.25, -0.2) is 4.98 Å². The molecule has 5 nitrogen and oxygen atoms in total. The molecule has 182 valence electrons. The van der Waals surface area contributed by atoms with Crippen LogP contribution < -0.4 is 5.32 Å². The monoisotopic (exact) mass is 477 g/mol. The van der Waals surface area contributed by atoms with Gasteiger partial charge in [0.25, 0.3) is 5.91 Å². The lowest BCUT2D eigenvalue weighted by molar-refractivity contribution is -0.127. The van der Waals surface area contributed by atoms with E-state index < -0.39 is 5.54 Å². The summed E-state index contributed by atoms with van der Waals surface area (Å²) in [5.41, 5.74) is 4.00. The summed E-state index contributed by atoms with van der Waals surface area (Å²) in [5.74, 6) is -0.342. The van der Waals surface area contributed by atoms with E-state index in [0.29, 0.717) is 25.1 Å². The van der Waals surface area contributed by atoms with Crippen LogP contribution in [0.3, 0.4) is 0 Å². The number of fused-ring (bicyclic) bond motifs is 1. The molecule has 3 aromatic carbocycles. The van der Waals surface area contributed by atoms with Gasteiger partial charge < -0.3 is 10.2 Å². The van der Waals surface area contributed by atoms with Crippen LogP contribution in [0.5, 0.6) is 0 Å². The van der Waals surface area contributed by atoms with Gasteiger partial charge in [-0.1, -0.05) is 85.6 Å². The Labute approximate surface area is 212 Å². The number of nitrogens with zero attached hydrogens (tertiary/aromatic N) is 2. The van der Waals surface area contributed by atoms with Crippen LogP contribution in [0, 0.1) is 13.8 Å². The Hall–Kier alpha value is -3.99. The zero-order valence-electron chi connectivity index (χ0n) is 20.8. The molecule has 1 fully saturated rings. The minimum atomic E-state index is -0.949. The SMILES string of the molecule is Cc1cccc(C)c1NC(=O)C1(N(Cc2ccccc2)C(=O)c2ccc3ccccc3n2)CCCC1. The van der Waals surface area contributed by atoms with Crippen LogP contribution in [0.4, 0.5) is 5.69 Å². The number of hydrogen-bond acceptors (Lipinski definition) is 3. The second-order valence-corrected chi connectivity index (χ2v) is 9.73. The van der Waals surface area contributed by atoms with Crippen LogP contribution in [-0.4, -0.2) is 27.2 Å². The van der Waals surface area contributed by atoms with Crippen LogP contribution in [0.2, 0.25) is 0 Å². The van der Waals surface area contributed by atoms with Crippen LogP contribution in [0.25, 0.3) is 10.9 Å². The number of carbonyl (C=O) groups is 2. The Morgan fingerprint density at radius 2 is 1.50 bits per heavy atom. The van der Waals surface area contributed by atoms with E-state index in [1.165, 1.54) is 0 Å². The van der Waals surface area contributed by atoms with Crippen molar-refractivity contribution in [2.45, 2.75) is 51.6 Å². The molecule has 0 radical (unpaired) electrons. The van der Waals surface area contributed by atoms with Gasteiger partial charge in [0.15, 0.2) is 0 Å². The van der Waals surface area contributed by atoms with E-state index in [2.05, 4.69) is 10.3 Å². The maximum atomic E-state index is 14.2. The van der Waals surface area contributed by atoms with E-state index in [0.717, 1.165) is 46.1 Å². The second kappa shape index (κ2) is 9.94. The highest BCUT2D eigenvalue weighted by Crippen LogP contribution is 2.39. The van der Waals surface area contributed by atoms with Gasteiger partial charge in [-0.15, -0.1) is 0 Å². The smallest absolute Gasteiger partial charge is 0.273 e. The highest BCUT2D eigenvalue weighted by atomic mass is 16.2. The Morgan fingerprint density at radius 1 is 0.833 bits per heavy atom. The number of carbonyl (C=O) groups excluding carboxylic acids is 2. The minimum Gasteiger partial charge on any atom is -0.324 e. The first kappa shape index (κ1) is 23.7. The summed E-state index contributed by atoms with van der Waals surface area (Å²) in [6, 6.07) is 27.3. The molecule has 2 amide bonds. The number of nitrogens with one attached hydrogen (secondary N) is 1. The first-order chi connectivity index (χ1) is 17.5. The van der Waals surface area contributed by atoms with Gasteiger partial charge in [0.1, 0.15) is 11.2 Å². The number of benzene rings is 3. The summed E-state index contributed by atoms with van der Waals surface area (Å²) in [5, 5.41) is 4.19. The lowest BCUT2D eigenvalue weighted by atomic mass is 9.91. The van der Waals surface area contributed by atoms with Crippen LogP contribution in [0.15, 0.2) is 84.9 Å². The number of rotatable bonds is 6. The molecule has 0 unspecified atom stereocenters. The van der Waals surface area contributed by atoms with Crippen molar-refractivity contribution in [1.29, 1.82) is 0 Å². The van der Waals surface area contributed by atoms with Gasteiger partial charge in [0.05, 0.1) is 5.52 Å². The molecule has 5 rings (SSSR count). The Balaban J connectivity index is 1.57. The van der Waals surface area contributed by atoms with E-state index >= 15 is 0 Å². The maximum Gasteiger partial charge on any atom is 0.273 e. The van der Waals surface area contributed by atoms with E-state index in [1.807, 2.05) is 92.7 Å². The van der Waals surface area contributed by atoms with Crippen LogP contribution in [0.1, 0.15) is 52.9 Å². The minimum absolute atomic E-state index is 0.123. The molecule has 1 saturated carbocycles. The number of hydrogen-bond donors (Lipinski definition) is 1. The first-order valence-electron chi connectivity index (χ1n) is 12.6. The molecule has 0 atom stereocenters. The Bertz CT molecular complexity index is 1390. The molecule has 0 saturated heterocycles. The number of para-hydroxylation sites is 2. The number of anilines is 1. The predicted octanol–water partition coefficient (Wildman–Crippen LogP) is 6.45. The molecule has 1 N–H and O–H groups in total. The Kier molecular flexibility index (Phi) is 6.55. The molecule has 1 aliphatic carbocycles. The van der Waals surface area contributed by atoms with Gasteiger partial charge in [-0.05, 0) is 55.5 Å². The van der Waals surface area contributed by atoms with E-state index in [9.17, 15) is 9.59 Å². The zero-order chi connectivity index (χ0) is 25.1. The average molecular weight is 478 g/mol. The standard InChI is InChI=1S/C31H31N3O2/c1-22-11-10-12-23(2)28(22)33-30(36)31(19-8-9-20-31)34(21-24-13-4-3-5-14-24)29(35)27-18-17-25-15-6-7-16-26(25)32-27/h3-7,10-18H,8-9,19-21H2,1-2H3,(H,33,36). The lowest BCUT2D eigenvalue weighted by Crippen LogP contribution is -2.57. The van der Waals surface area contributed by atoms with Gasteiger partial charge in [-0.2, -0.15) is 0 Å².